The minimum absolute atomic E-state index is 0.0601. The molecule has 0 spiro atoms. The average Bonchev–Trinajstić information content (AvgIpc) is 3.40. The summed E-state index contributed by atoms with van der Waals surface area (Å²) in [5.74, 6) is -0.732. The topological polar surface area (TPSA) is 86.8 Å². The highest BCUT2D eigenvalue weighted by atomic mass is 35.5. The van der Waals surface area contributed by atoms with E-state index >= 15 is 0 Å². The zero-order chi connectivity index (χ0) is 25.9. The quantitative estimate of drug-likeness (QED) is 0.469. The number of halogens is 1. The largest absolute Gasteiger partial charge is 0.339 e. The lowest BCUT2D eigenvalue weighted by atomic mass is 10.1. The van der Waals surface area contributed by atoms with Crippen molar-refractivity contribution < 1.29 is 18.0 Å². The number of carbonyl (C=O) groups is 2. The molecule has 3 aromatic rings. The molecule has 4 rings (SSSR count). The maximum Gasteiger partial charge on any atom is 0.264 e. The molecule has 1 saturated heterocycles. The normalized spacial score (nSPS) is 13.5. The van der Waals surface area contributed by atoms with E-state index < -0.39 is 22.5 Å². The van der Waals surface area contributed by atoms with Crippen LogP contribution in [0.15, 0.2) is 71.6 Å². The van der Waals surface area contributed by atoms with Crippen LogP contribution in [-0.4, -0.2) is 44.8 Å². The Bertz CT molecular complexity index is 1380. The lowest BCUT2D eigenvalue weighted by Gasteiger charge is -2.26. The number of likely N-dealkylation sites (tertiary alicyclic amines) is 1. The molecule has 3 aromatic carbocycles. The molecule has 2 amide bonds. The molecule has 0 atom stereocenters. The van der Waals surface area contributed by atoms with E-state index in [2.05, 4.69) is 5.32 Å². The van der Waals surface area contributed by atoms with Crippen LogP contribution in [0.25, 0.3) is 0 Å². The number of hydrogen-bond donors (Lipinski definition) is 1. The van der Waals surface area contributed by atoms with Crippen molar-refractivity contribution in [1.82, 2.24) is 4.90 Å². The van der Waals surface area contributed by atoms with E-state index in [1.165, 1.54) is 12.1 Å². The maximum atomic E-state index is 13.7. The Hall–Kier alpha value is -3.36. The van der Waals surface area contributed by atoms with Gasteiger partial charge in [-0.15, -0.1) is 0 Å². The Balaban J connectivity index is 1.66. The Morgan fingerprint density at radius 2 is 1.61 bits per heavy atom. The first-order valence-corrected chi connectivity index (χ1v) is 13.5. The van der Waals surface area contributed by atoms with Gasteiger partial charge in [-0.3, -0.25) is 13.9 Å². The van der Waals surface area contributed by atoms with Gasteiger partial charge in [-0.25, -0.2) is 8.42 Å². The molecule has 1 aliphatic rings. The Morgan fingerprint density at radius 1 is 0.944 bits per heavy atom. The second-order valence-corrected chi connectivity index (χ2v) is 11.1. The van der Waals surface area contributed by atoms with Crippen LogP contribution in [-0.2, 0) is 14.8 Å². The first kappa shape index (κ1) is 25.7. The molecule has 0 aliphatic carbocycles. The summed E-state index contributed by atoms with van der Waals surface area (Å²) in [6, 6.07) is 18.1. The number of amides is 2. The van der Waals surface area contributed by atoms with Crippen LogP contribution < -0.4 is 9.62 Å². The maximum absolute atomic E-state index is 13.7. The third kappa shape index (κ3) is 5.39. The van der Waals surface area contributed by atoms with Crippen molar-refractivity contribution in [3.63, 3.8) is 0 Å². The monoisotopic (exact) mass is 525 g/mol. The van der Waals surface area contributed by atoms with Gasteiger partial charge >= 0.3 is 0 Å². The zero-order valence-corrected chi connectivity index (χ0v) is 21.8. The minimum Gasteiger partial charge on any atom is -0.339 e. The van der Waals surface area contributed by atoms with Crippen LogP contribution in [0.4, 0.5) is 11.4 Å². The van der Waals surface area contributed by atoms with Gasteiger partial charge in [-0.05, 0) is 68.7 Å². The number of hydrogen-bond acceptors (Lipinski definition) is 4. The molecule has 7 nitrogen and oxygen atoms in total. The summed E-state index contributed by atoms with van der Waals surface area (Å²) in [6.07, 6.45) is 1.90. The SMILES string of the molecule is Cc1ccc(S(=O)(=O)N(CC(=O)Nc2ccccc2C(=O)N2CCCC2)c2cccc(Cl)c2C)cc1. The molecule has 0 aromatic heterocycles. The fourth-order valence-corrected chi connectivity index (χ4v) is 5.84. The molecule has 0 bridgehead atoms. The van der Waals surface area contributed by atoms with Gasteiger partial charge in [-0.2, -0.15) is 0 Å². The van der Waals surface area contributed by atoms with E-state index in [1.807, 2.05) is 6.92 Å². The molecule has 0 unspecified atom stereocenters. The number of carbonyl (C=O) groups excluding carboxylic acids is 2. The summed E-state index contributed by atoms with van der Waals surface area (Å²) in [6.45, 7) is 4.43. The predicted molar refractivity (Wildman–Crippen MR) is 142 cm³/mol. The van der Waals surface area contributed by atoms with E-state index in [-0.39, 0.29) is 10.8 Å². The van der Waals surface area contributed by atoms with Crippen LogP contribution in [0, 0.1) is 13.8 Å². The lowest BCUT2D eigenvalue weighted by molar-refractivity contribution is -0.114. The van der Waals surface area contributed by atoms with E-state index in [0.717, 1.165) is 22.7 Å². The highest BCUT2D eigenvalue weighted by Crippen LogP contribution is 2.31. The average molecular weight is 526 g/mol. The second-order valence-electron chi connectivity index (χ2n) is 8.80. The Labute approximate surface area is 216 Å². The summed E-state index contributed by atoms with van der Waals surface area (Å²) in [4.78, 5) is 28.1. The second kappa shape index (κ2) is 10.7. The summed E-state index contributed by atoms with van der Waals surface area (Å²) in [7, 11) is -4.10. The number of sulfonamides is 1. The Kier molecular flexibility index (Phi) is 7.66. The molecule has 1 N–H and O–H groups in total. The predicted octanol–water partition coefficient (Wildman–Crippen LogP) is 5.03. The molecule has 0 radical (unpaired) electrons. The lowest BCUT2D eigenvalue weighted by Crippen LogP contribution is -2.39. The molecule has 36 heavy (non-hydrogen) atoms. The first-order chi connectivity index (χ1) is 17.2. The smallest absolute Gasteiger partial charge is 0.264 e. The van der Waals surface area contributed by atoms with Crippen LogP contribution >= 0.6 is 11.6 Å². The van der Waals surface area contributed by atoms with Crippen molar-refractivity contribution >= 4 is 44.8 Å². The number of nitrogens with zero attached hydrogens (tertiary/aromatic N) is 2. The molecule has 188 valence electrons. The van der Waals surface area contributed by atoms with Crippen molar-refractivity contribution in [3.8, 4) is 0 Å². The van der Waals surface area contributed by atoms with E-state index in [1.54, 1.807) is 66.4 Å². The fraction of sp³-hybridized carbons (Fsp3) is 0.259. The van der Waals surface area contributed by atoms with Crippen molar-refractivity contribution in [2.75, 3.05) is 29.3 Å². The summed E-state index contributed by atoms with van der Waals surface area (Å²) in [5, 5.41) is 3.14. The number of aryl methyl sites for hydroxylation is 1. The molecule has 9 heteroatoms. The van der Waals surface area contributed by atoms with Crippen LogP contribution in [0.3, 0.4) is 0 Å². The number of para-hydroxylation sites is 1. The fourth-order valence-electron chi connectivity index (χ4n) is 4.19. The van der Waals surface area contributed by atoms with Gasteiger partial charge in [0.25, 0.3) is 15.9 Å². The number of benzene rings is 3. The number of anilines is 2. The Morgan fingerprint density at radius 3 is 2.31 bits per heavy atom. The van der Waals surface area contributed by atoms with Gasteiger partial charge in [0.1, 0.15) is 6.54 Å². The third-order valence-corrected chi connectivity index (χ3v) is 8.41. The van der Waals surface area contributed by atoms with Crippen LogP contribution in [0.5, 0.6) is 0 Å². The number of rotatable bonds is 7. The summed E-state index contributed by atoms with van der Waals surface area (Å²) >= 11 is 6.29. The van der Waals surface area contributed by atoms with Gasteiger partial charge in [0, 0.05) is 18.1 Å². The minimum atomic E-state index is -4.10. The molecule has 1 aliphatic heterocycles. The van der Waals surface area contributed by atoms with Gasteiger partial charge in [0.15, 0.2) is 0 Å². The zero-order valence-electron chi connectivity index (χ0n) is 20.2. The van der Waals surface area contributed by atoms with Gasteiger partial charge in [0.2, 0.25) is 5.91 Å². The molecular formula is C27H28ClN3O4S. The van der Waals surface area contributed by atoms with Crippen molar-refractivity contribution in [2.45, 2.75) is 31.6 Å². The highest BCUT2D eigenvalue weighted by molar-refractivity contribution is 7.92. The van der Waals surface area contributed by atoms with Gasteiger partial charge in [-0.1, -0.05) is 47.5 Å². The van der Waals surface area contributed by atoms with Crippen LogP contribution in [0.1, 0.15) is 34.3 Å². The van der Waals surface area contributed by atoms with Crippen molar-refractivity contribution in [2.24, 2.45) is 0 Å². The number of nitrogens with one attached hydrogen (secondary N) is 1. The molecular weight excluding hydrogens is 498 g/mol. The highest BCUT2D eigenvalue weighted by Gasteiger charge is 2.29. The van der Waals surface area contributed by atoms with E-state index in [4.69, 9.17) is 11.6 Å². The standard InChI is InChI=1S/C27H28ClN3O4S/c1-19-12-14-21(15-13-19)36(34,35)31(25-11-7-9-23(28)20(25)2)18-26(32)29-24-10-4-3-8-22(24)27(33)30-16-5-6-17-30/h3-4,7-15H,5-6,16-18H2,1-2H3,(H,29,32). The van der Waals surface area contributed by atoms with Crippen molar-refractivity contribution in [1.29, 1.82) is 0 Å². The molecule has 0 saturated carbocycles. The third-order valence-electron chi connectivity index (χ3n) is 6.23. The van der Waals surface area contributed by atoms with Crippen molar-refractivity contribution in [3.05, 3.63) is 88.4 Å². The van der Waals surface area contributed by atoms with Gasteiger partial charge < -0.3 is 10.2 Å². The van der Waals surface area contributed by atoms with Crippen LogP contribution in [0.2, 0.25) is 5.02 Å². The van der Waals surface area contributed by atoms with E-state index in [0.29, 0.717) is 40.6 Å². The summed E-state index contributed by atoms with van der Waals surface area (Å²) in [5.41, 5.74) is 2.47. The van der Waals surface area contributed by atoms with E-state index in [9.17, 15) is 18.0 Å². The molecule has 1 fully saturated rings. The van der Waals surface area contributed by atoms with Gasteiger partial charge in [0.05, 0.1) is 21.8 Å². The summed E-state index contributed by atoms with van der Waals surface area (Å²) < 4.78 is 28.4. The molecule has 1 heterocycles. The first-order valence-electron chi connectivity index (χ1n) is 11.7.